The SMILES string of the molecule is CCCNC(C)(CCCN1CCCC(C)(OC)C1)C(N)=O. The highest BCUT2D eigenvalue weighted by atomic mass is 16.5. The second kappa shape index (κ2) is 8.11. The standard InChI is InChI=1S/C16H33N3O2/c1-5-10-18-16(3,14(17)20)9-7-12-19-11-6-8-15(2,13-19)21-4/h18H,5-13H2,1-4H3,(H2,17,20). The molecule has 0 aromatic heterocycles. The van der Waals surface area contributed by atoms with Gasteiger partial charge < -0.3 is 20.7 Å². The van der Waals surface area contributed by atoms with Gasteiger partial charge in [0, 0.05) is 13.7 Å². The van der Waals surface area contributed by atoms with Gasteiger partial charge in [-0.15, -0.1) is 0 Å². The number of carbonyl (C=O) groups excluding carboxylic acids is 1. The second-order valence-electron chi connectivity index (χ2n) is 6.76. The minimum Gasteiger partial charge on any atom is -0.377 e. The van der Waals surface area contributed by atoms with Crippen molar-refractivity contribution < 1.29 is 9.53 Å². The average Bonchev–Trinajstić information content (AvgIpc) is 2.45. The van der Waals surface area contributed by atoms with Crippen LogP contribution in [-0.4, -0.2) is 55.2 Å². The summed E-state index contributed by atoms with van der Waals surface area (Å²) in [5.41, 5.74) is 4.95. The molecule has 1 aliphatic rings. The normalized spacial score (nSPS) is 26.5. The Morgan fingerprint density at radius 1 is 1.52 bits per heavy atom. The highest BCUT2D eigenvalue weighted by molar-refractivity contribution is 5.84. The Labute approximate surface area is 129 Å². The fraction of sp³-hybridized carbons (Fsp3) is 0.938. The van der Waals surface area contributed by atoms with Crippen LogP contribution in [0.1, 0.15) is 52.9 Å². The van der Waals surface area contributed by atoms with Crippen molar-refractivity contribution in [3.8, 4) is 0 Å². The Kier molecular flexibility index (Phi) is 7.10. The number of rotatable bonds is 9. The lowest BCUT2D eigenvalue weighted by Crippen LogP contribution is -2.54. The number of likely N-dealkylation sites (tertiary alicyclic amines) is 1. The van der Waals surface area contributed by atoms with Crippen LogP contribution in [0.25, 0.3) is 0 Å². The Morgan fingerprint density at radius 3 is 2.81 bits per heavy atom. The number of nitrogens with one attached hydrogen (secondary N) is 1. The summed E-state index contributed by atoms with van der Waals surface area (Å²) < 4.78 is 5.62. The van der Waals surface area contributed by atoms with Crippen LogP contribution in [0.3, 0.4) is 0 Å². The van der Waals surface area contributed by atoms with Crippen molar-refractivity contribution in [1.29, 1.82) is 0 Å². The van der Waals surface area contributed by atoms with Crippen LogP contribution >= 0.6 is 0 Å². The van der Waals surface area contributed by atoms with E-state index in [4.69, 9.17) is 10.5 Å². The maximum Gasteiger partial charge on any atom is 0.237 e. The van der Waals surface area contributed by atoms with E-state index >= 15 is 0 Å². The molecule has 2 unspecified atom stereocenters. The molecule has 1 heterocycles. The first-order valence-electron chi connectivity index (χ1n) is 8.18. The zero-order valence-electron chi connectivity index (χ0n) is 14.2. The molecule has 1 rings (SSSR count). The fourth-order valence-electron chi connectivity index (χ4n) is 3.02. The molecule has 1 fully saturated rings. The van der Waals surface area contributed by atoms with E-state index < -0.39 is 5.54 Å². The predicted molar refractivity (Wildman–Crippen MR) is 86.2 cm³/mol. The first kappa shape index (κ1) is 18.4. The van der Waals surface area contributed by atoms with Crippen molar-refractivity contribution in [3.63, 3.8) is 0 Å². The molecule has 0 saturated carbocycles. The molecule has 1 aliphatic heterocycles. The largest absolute Gasteiger partial charge is 0.377 e. The van der Waals surface area contributed by atoms with E-state index in [1.807, 2.05) is 6.92 Å². The summed E-state index contributed by atoms with van der Waals surface area (Å²) in [5.74, 6) is -0.253. The average molecular weight is 299 g/mol. The summed E-state index contributed by atoms with van der Waals surface area (Å²) in [7, 11) is 1.79. The van der Waals surface area contributed by atoms with Gasteiger partial charge in [0.1, 0.15) is 0 Å². The van der Waals surface area contributed by atoms with Crippen LogP contribution in [0.2, 0.25) is 0 Å². The number of ether oxygens (including phenoxy) is 1. The lowest BCUT2D eigenvalue weighted by molar-refractivity contribution is -0.124. The molecule has 1 saturated heterocycles. The summed E-state index contributed by atoms with van der Waals surface area (Å²) in [6, 6.07) is 0. The summed E-state index contributed by atoms with van der Waals surface area (Å²) >= 11 is 0. The highest BCUT2D eigenvalue weighted by Gasteiger charge is 2.32. The number of hydrogen-bond donors (Lipinski definition) is 2. The lowest BCUT2D eigenvalue weighted by atomic mass is 9.92. The van der Waals surface area contributed by atoms with E-state index in [9.17, 15) is 4.79 Å². The van der Waals surface area contributed by atoms with Crippen LogP contribution in [-0.2, 0) is 9.53 Å². The molecule has 21 heavy (non-hydrogen) atoms. The summed E-state index contributed by atoms with van der Waals surface area (Å²) in [6.45, 7) is 10.1. The molecular weight excluding hydrogens is 266 g/mol. The number of primary amides is 1. The molecule has 2 atom stereocenters. The monoisotopic (exact) mass is 299 g/mol. The number of hydrogen-bond acceptors (Lipinski definition) is 4. The van der Waals surface area contributed by atoms with Gasteiger partial charge in [-0.25, -0.2) is 0 Å². The predicted octanol–water partition coefficient (Wildman–Crippen LogP) is 1.51. The van der Waals surface area contributed by atoms with Crippen LogP contribution < -0.4 is 11.1 Å². The maximum absolute atomic E-state index is 11.7. The first-order valence-corrected chi connectivity index (χ1v) is 8.18. The number of methoxy groups -OCH3 is 1. The van der Waals surface area contributed by atoms with E-state index in [1.54, 1.807) is 7.11 Å². The Balaban J connectivity index is 2.41. The zero-order chi connectivity index (χ0) is 15.9. The van der Waals surface area contributed by atoms with E-state index in [-0.39, 0.29) is 11.5 Å². The van der Waals surface area contributed by atoms with Gasteiger partial charge in [0.2, 0.25) is 5.91 Å². The third-order valence-electron chi connectivity index (χ3n) is 4.69. The third kappa shape index (κ3) is 5.57. The van der Waals surface area contributed by atoms with E-state index in [0.717, 1.165) is 51.9 Å². The maximum atomic E-state index is 11.7. The van der Waals surface area contributed by atoms with E-state index in [2.05, 4.69) is 24.1 Å². The second-order valence-corrected chi connectivity index (χ2v) is 6.76. The molecular formula is C16H33N3O2. The summed E-state index contributed by atoms with van der Waals surface area (Å²) in [5, 5.41) is 3.29. The Bertz CT molecular complexity index is 337. The quantitative estimate of drug-likeness (QED) is 0.677. The van der Waals surface area contributed by atoms with Crippen molar-refractivity contribution in [2.24, 2.45) is 5.73 Å². The van der Waals surface area contributed by atoms with Crippen LogP contribution in [0.15, 0.2) is 0 Å². The van der Waals surface area contributed by atoms with Crippen molar-refractivity contribution in [1.82, 2.24) is 10.2 Å². The first-order chi connectivity index (χ1) is 9.85. The molecule has 0 aromatic rings. The number of carbonyl (C=O) groups is 1. The molecule has 0 aromatic carbocycles. The van der Waals surface area contributed by atoms with Crippen LogP contribution in [0.4, 0.5) is 0 Å². The minimum atomic E-state index is -0.587. The Morgan fingerprint density at radius 2 is 2.24 bits per heavy atom. The van der Waals surface area contributed by atoms with E-state index in [1.165, 1.54) is 6.42 Å². The molecule has 0 spiro atoms. The summed E-state index contributed by atoms with van der Waals surface area (Å²) in [4.78, 5) is 14.1. The highest BCUT2D eigenvalue weighted by Crippen LogP contribution is 2.24. The molecule has 1 amide bonds. The van der Waals surface area contributed by atoms with Crippen molar-refractivity contribution >= 4 is 5.91 Å². The van der Waals surface area contributed by atoms with Crippen molar-refractivity contribution in [2.75, 3.05) is 33.3 Å². The van der Waals surface area contributed by atoms with Crippen LogP contribution in [0.5, 0.6) is 0 Å². The number of nitrogens with two attached hydrogens (primary N) is 1. The molecule has 0 bridgehead atoms. The van der Waals surface area contributed by atoms with Crippen molar-refractivity contribution in [2.45, 2.75) is 64.0 Å². The van der Waals surface area contributed by atoms with Gasteiger partial charge in [0.15, 0.2) is 0 Å². The fourth-order valence-corrected chi connectivity index (χ4v) is 3.02. The smallest absolute Gasteiger partial charge is 0.237 e. The molecule has 124 valence electrons. The Hall–Kier alpha value is -0.650. The third-order valence-corrected chi connectivity index (χ3v) is 4.69. The molecule has 5 heteroatoms. The molecule has 0 aliphatic carbocycles. The van der Waals surface area contributed by atoms with Gasteiger partial charge in [-0.05, 0) is 65.6 Å². The van der Waals surface area contributed by atoms with E-state index in [0.29, 0.717) is 0 Å². The summed E-state index contributed by atoms with van der Waals surface area (Å²) in [6.07, 6.45) is 5.04. The topological polar surface area (TPSA) is 67.6 Å². The van der Waals surface area contributed by atoms with Crippen molar-refractivity contribution in [3.05, 3.63) is 0 Å². The molecule has 3 N–H and O–H groups in total. The number of nitrogens with zero attached hydrogens (tertiary/aromatic N) is 1. The molecule has 0 radical (unpaired) electrons. The van der Waals surface area contributed by atoms with Gasteiger partial charge in [0.05, 0.1) is 11.1 Å². The van der Waals surface area contributed by atoms with Crippen LogP contribution in [0, 0.1) is 0 Å². The molecule has 5 nitrogen and oxygen atoms in total. The number of amides is 1. The van der Waals surface area contributed by atoms with Gasteiger partial charge in [-0.3, -0.25) is 4.79 Å². The lowest BCUT2D eigenvalue weighted by Gasteiger charge is -2.40. The van der Waals surface area contributed by atoms with Gasteiger partial charge in [-0.1, -0.05) is 6.92 Å². The van der Waals surface area contributed by atoms with Gasteiger partial charge in [-0.2, -0.15) is 0 Å². The van der Waals surface area contributed by atoms with Gasteiger partial charge in [0.25, 0.3) is 0 Å². The number of piperidine rings is 1. The zero-order valence-corrected chi connectivity index (χ0v) is 14.2. The van der Waals surface area contributed by atoms with Gasteiger partial charge >= 0.3 is 0 Å². The minimum absolute atomic E-state index is 0.0221.